The van der Waals surface area contributed by atoms with Crippen molar-refractivity contribution in [3.63, 3.8) is 0 Å². The molecule has 0 amide bonds. The van der Waals surface area contributed by atoms with Crippen LogP contribution in [0.25, 0.3) is 0 Å². The van der Waals surface area contributed by atoms with E-state index in [0.29, 0.717) is 0 Å². The number of halogens is 3. The monoisotopic (exact) mass is 261 g/mol. The molecule has 0 aromatic heterocycles. The molecule has 0 heterocycles. The minimum atomic E-state index is -4.55. The topological polar surface area (TPSA) is 50.1 Å². The van der Waals surface area contributed by atoms with Gasteiger partial charge in [0.05, 0.1) is 17.2 Å². The first-order chi connectivity index (χ1) is 7.83. The van der Waals surface area contributed by atoms with Gasteiger partial charge in [-0.05, 0) is 25.1 Å². The molecule has 0 aliphatic rings. The van der Waals surface area contributed by atoms with E-state index in [9.17, 15) is 18.0 Å². The summed E-state index contributed by atoms with van der Waals surface area (Å²) < 4.78 is 40.2. The minimum Gasteiger partial charge on any atom is -0.416 e. The molecule has 1 aromatic rings. The first-order valence-corrected chi connectivity index (χ1v) is 5.05. The zero-order valence-electron chi connectivity index (χ0n) is 8.54. The van der Waals surface area contributed by atoms with Crippen LogP contribution in [0.1, 0.15) is 22.8 Å². The van der Waals surface area contributed by atoms with Crippen molar-refractivity contribution in [1.29, 1.82) is 5.26 Å². The van der Waals surface area contributed by atoms with Gasteiger partial charge in [0.25, 0.3) is 0 Å². The smallest absolute Gasteiger partial charge is 0.416 e. The number of carbonyl (C=O) groups is 1. The molecule has 7 heteroatoms. The lowest BCUT2D eigenvalue weighted by Crippen LogP contribution is -2.05. The molecule has 0 spiro atoms. The van der Waals surface area contributed by atoms with Crippen molar-refractivity contribution in [2.45, 2.75) is 12.4 Å². The molecule has 1 rings (SSSR count). The fourth-order valence-electron chi connectivity index (χ4n) is 1.04. The summed E-state index contributed by atoms with van der Waals surface area (Å²) in [5, 5.41) is 8.61. The number of rotatable bonds is 3. The fraction of sp³-hybridized carbons (Fsp3) is 0.200. The molecular formula is C10H6F3NO2S. The van der Waals surface area contributed by atoms with Crippen molar-refractivity contribution in [3.8, 4) is 11.8 Å². The summed E-state index contributed by atoms with van der Waals surface area (Å²) in [6.45, 7) is 1.18. The highest BCUT2D eigenvalue weighted by atomic mass is 32.2. The minimum absolute atomic E-state index is 0.0548. The van der Waals surface area contributed by atoms with E-state index in [2.05, 4.69) is 4.18 Å². The largest absolute Gasteiger partial charge is 0.479 e. The third-order valence-electron chi connectivity index (χ3n) is 1.71. The van der Waals surface area contributed by atoms with Crippen LogP contribution >= 0.6 is 12.0 Å². The second kappa shape index (κ2) is 5.10. The predicted octanol–water partition coefficient (Wildman–Crippen LogP) is 3.31. The van der Waals surface area contributed by atoms with Crippen LogP contribution < -0.4 is 4.18 Å². The number of Topliss-reactive ketones (excluding diaryl/α,β-unsaturated/α-hetero) is 1. The molecule has 0 unspecified atom stereocenters. The molecule has 17 heavy (non-hydrogen) atoms. The summed E-state index contributed by atoms with van der Waals surface area (Å²) in [5.74, 6) is -0.682. The summed E-state index contributed by atoms with van der Waals surface area (Å²) >= 11 is -0.703. The van der Waals surface area contributed by atoms with Crippen LogP contribution in [0.3, 0.4) is 0 Å². The van der Waals surface area contributed by atoms with Crippen molar-refractivity contribution in [3.05, 3.63) is 29.3 Å². The number of alkyl halides is 3. The summed E-state index contributed by atoms with van der Waals surface area (Å²) in [6, 6.07) is 5.41. The quantitative estimate of drug-likeness (QED) is 0.618. The Morgan fingerprint density at radius 1 is 1.47 bits per heavy atom. The van der Waals surface area contributed by atoms with Gasteiger partial charge in [0.2, 0.25) is 0 Å². The molecule has 0 aliphatic heterocycles. The molecule has 0 bridgehead atoms. The highest BCUT2D eigenvalue weighted by molar-refractivity contribution is 7.95. The summed E-state index contributed by atoms with van der Waals surface area (Å²) in [7, 11) is 0. The summed E-state index contributed by atoms with van der Waals surface area (Å²) in [5.41, 5.74) is -4.43. The van der Waals surface area contributed by atoms with Gasteiger partial charge in [-0.25, -0.2) is 0 Å². The number of ketones is 1. The number of hydrogen-bond acceptors (Lipinski definition) is 4. The number of nitrogens with zero attached hydrogens (tertiary/aromatic N) is 1. The van der Waals surface area contributed by atoms with Gasteiger partial charge in [0.1, 0.15) is 5.75 Å². The van der Waals surface area contributed by atoms with E-state index in [0.717, 1.165) is 6.07 Å². The molecule has 0 fully saturated rings. The first kappa shape index (κ1) is 13.4. The third kappa shape index (κ3) is 4.00. The van der Waals surface area contributed by atoms with E-state index in [1.165, 1.54) is 19.1 Å². The molecule has 0 aliphatic carbocycles. The van der Waals surface area contributed by atoms with Gasteiger partial charge in [-0.15, -0.1) is 0 Å². The standard InChI is InChI=1S/C10H6F3NO2S/c1-6(15)8-4-7(5-14)2-3-9(8)16-17-10(11,12)13/h2-4H,1H3. The van der Waals surface area contributed by atoms with Gasteiger partial charge >= 0.3 is 5.51 Å². The van der Waals surface area contributed by atoms with Crippen LogP contribution in [-0.4, -0.2) is 11.3 Å². The van der Waals surface area contributed by atoms with E-state index in [-0.39, 0.29) is 16.9 Å². The van der Waals surface area contributed by atoms with Gasteiger partial charge in [-0.2, -0.15) is 18.4 Å². The fourth-order valence-corrected chi connectivity index (χ4v) is 1.37. The van der Waals surface area contributed by atoms with Crippen molar-refractivity contribution >= 4 is 17.8 Å². The van der Waals surface area contributed by atoms with Crippen molar-refractivity contribution in [2.75, 3.05) is 0 Å². The number of nitriles is 1. The molecule has 0 atom stereocenters. The lowest BCUT2D eigenvalue weighted by Gasteiger charge is -2.09. The van der Waals surface area contributed by atoms with Crippen LogP contribution in [0.4, 0.5) is 13.2 Å². The third-order valence-corrected chi connectivity index (χ3v) is 2.17. The maximum Gasteiger partial charge on any atom is 0.479 e. The van der Waals surface area contributed by atoms with Gasteiger partial charge in [0, 0.05) is 0 Å². The average molecular weight is 261 g/mol. The Labute approximate surface area is 99.4 Å². The normalized spacial score (nSPS) is 10.8. The van der Waals surface area contributed by atoms with Crippen molar-refractivity contribution in [2.24, 2.45) is 0 Å². The Hall–Kier alpha value is -1.68. The van der Waals surface area contributed by atoms with Crippen LogP contribution in [-0.2, 0) is 0 Å². The maximum atomic E-state index is 11.9. The first-order valence-electron chi connectivity index (χ1n) is 4.31. The Kier molecular flexibility index (Phi) is 4.02. The van der Waals surface area contributed by atoms with E-state index in [1.807, 2.05) is 0 Å². The Morgan fingerprint density at radius 2 is 2.12 bits per heavy atom. The average Bonchev–Trinajstić information content (AvgIpc) is 2.25. The van der Waals surface area contributed by atoms with E-state index in [4.69, 9.17) is 5.26 Å². The summed E-state index contributed by atoms with van der Waals surface area (Å²) in [4.78, 5) is 11.2. The SMILES string of the molecule is CC(=O)c1cc(C#N)ccc1OSC(F)(F)F. The van der Waals surface area contributed by atoms with Gasteiger partial charge < -0.3 is 4.18 Å². The number of benzene rings is 1. The Morgan fingerprint density at radius 3 is 2.59 bits per heavy atom. The van der Waals surface area contributed by atoms with Gasteiger partial charge in [-0.3, -0.25) is 4.79 Å². The molecule has 0 radical (unpaired) electrons. The summed E-state index contributed by atoms with van der Waals surface area (Å²) in [6.07, 6.45) is 0. The second-order valence-corrected chi connectivity index (χ2v) is 3.79. The van der Waals surface area contributed by atoms with E-state index >= 15 is 0 Å². The van der Waals surface area contributed by atoms with Crippen LogP contribution in [0.2, 0.25) is 0 Å². The van der Waals surface area contributed by atoms with Gasteiger partial charge in [-0.1, -0.05) is 0 Å². The molecule has 1 aromatic carbocycles. The molecule has 90 valence electrons. The molecule has 0 saturated heterocycles. The van der Waals surface area contributed by atoms with Crippen LogP contribution in [0.5, 0.6) is 5.75 Å². The molecule has 0 saturated carbocycles. The van der Waals surface area contributed by atoms with Crippen LogP contribution in [0, 0.1) is 11.3 Å². The van der Waals surface area contributed by atoms with Gasteiger partial charge in [0.15, 0.2) is 17.8 Å². The van der Waals surface area contributed by atoms with Crippen LogP contribution in [0.15, 0.2) is 18.2 Å². The lowest BCUT2D eigenvalue weighted by molar-refractivity contribution is -0.0369. The van der Waals surface area contributed by atoms with Crippen molar-refractivity contribution < 1.29 is 22.1 Å². The zero-order chi connectivity index (χ0) is 13.1. The number of carbonyl (C=O) groups excluding carboxylic acids is 1. The maximum absolute atomic E-state index is 11.9. The predicted molar refractivity (Wildman–Crippen MR) is 55.4 cm³/mol. The molecule has 3 nitrogen and oxygen atoms in total. The highest BCUT2D eigenvalue weighted by Crippen LogP contribution is 2.34. The molecule has 0 N–H and O–H groups in total. The Balaban J connectivity index is 3.00. The van der Waals surface area contributed by atoms with E-state index in [1.54, 1.807) is 6.07 Å². The number of hydrogen-bond donors (Lipinski definition) is 0. The zero-order valence-corrected chi connectivity index (χ0v) is 9.35. The molecular weight excluding hydrogens is 255 g/mol. The van der Waals surface area contributed by atoms with E-state index < -0.39 is 23.3 Å². The second-order valence-electron chi connectivity index (χ2n) is 2.99. The lowest BCUT2D eigenvalue weighted by atomic mass is 10.1. The Bertz CT molecular complexity index is 479. The highest BCUT2D eigenvalue weighted by Gasteiger charge is 2.32. The van der Waals surface area contributed by atoms with Crippen molar-refractivity contribution in [1.82, 2.24) is 0 Å².